The van der Waals surface area contributed by atoms with Crippen LogP contribution >= 0.6 is 11.6 Å². The minimum atomic E-state index is -0.500. The normalized spacial score (nSPS) is 14.2. The molecule has 0 unspecified atom stereocenters. The zero-order chi connectivity index (χ0) is 22.0. The summed E-state index contributed by atoms with van der Waals surface area (Å²) in [6.45, 7) is 7.90. The van der Waals surface area contributed by atoms with Gasteiger partial charge in [0.25, 0.3) is 5.91 Å². The fourth-order valence-electron chi connectivity index (χ4n) is 3.26. The van der Waals surface area contributed by atoms with Crippen LogP contribution in [-0.2, 0) is 4.79 Å². The lowest BCUT2D eigenvalue weighted by molar-refractivity contribution is -0.115. The summed E-state index contributed by atoms with van der Waals surface area (Å²) in [6.07, 6.45) is 2.70. The molecule has 0 radical (unpaired) electrons. The quantitative estimate of drug-likeness (QED) is 0.543. The molecule has 0 saturated heterocycles. The molecule has 0 fully saturated rings. The lowest BCUT2D eigenvalue weighted by Crippen LogP contribution is -2.48. The summed E-state index contributed by atoms with van der Waals surface area (Å²) >= 11 is 6.00. The molecule has 0 atom stereocenters. The van der Waals surface area contributed by atoms with E-state index in [1.54, 1.807) is 35.2 Å². The first-order chi connectivity index (χ1) is 14.8. The number of carbonyl (C=O) groups is 1. The molecule has 1 aliphatic rings. The molecule has 3 aromatic rings. The summed E-state index contributed by atoms with van der Waals surface area (Å²) in [5, 5.41) is 3.79. The SMILES string of the molecule is C=CC(=O)N1CC(C)(C)Oc2ccc(Nc3cc(Oc4cccc(Cl)c4)ncn3)cc21. The van der Waals surface area contributed by atoms with Gasteiger partial charge in [0.2, 0.25) is 5.88 Å². The van der Waals surface area contributed by atoms with Crippen LogP contribution in [0.2, 0.25) is 5.02 Å². The Morgan fingerprint density at radius 1 is 1.26 bits per heavy atom. The second kappa shape index (κ2) is 8.28. The molecule has 1 aliphatic heterocycles. The average Bonchev–Trinajstić information content (AvgIpc) is 2.73. The number of hydrogen-bond acceptors (Lipinski definition) is 6. The van der Waals surface area contributed by atoms with Crippen LogP contribution in [0.4, 0.5) is 17.2 Å². The molecule has 1 aromatic heterocycles. The van der Waals surface area contributed by atoms with Gasteiger partial charge in [-0.1, -0.05) is 24.2 Å². The molecule has 4 rings (SSSR count). The molecule has 2 aromatic carbocycles. The first kappa shape index (κ1) is 20.7. The zero-order valence-electron chi connectivity index (χ0n) is 17.1. The third-order valence-corrected chi connectivity index (χ3v) is 4.78. The van der Waals surface area contributed by atoms with Gasteiger partial charge in [-0.3, -0.25) is 4.79 Å². The number of carbonyl (C=O) groups excluding carboxylic acids is 1. The van der Waals surface area contributed by atoms with Crippen LogP contribution < -0.4 is 19.7 Å². The molecule has 0 aliphatic carbocycles. The molecule has 8 heteroatoms. The highest BCUT2D eigenvalue weighted by Gasteiger charge is 2.34. The highest BCUT2D eigenvalue weighted by molar-refractivity contribution is 6.30. The maximum absolute atomic E-state index is 12.4. The number of anilines is 3. The number of nitrogens with one attached hydrogen (secondary N) is 1. The molecule has 0 spiro atoms. The van der Waals surface area contributed by atoms with Crippen molar-refractivity contribution in [3.05, 3.63) is 72.5 Å². The summed E-state index contributed by atoms with van der Waals surface area (Å²) in [4.78, 5) is 22.5. The van der Waals surface area contributed by atoms with Crippen LogP contribution in [0.25, 0.3) is 0 Å². The molecule has 2 heterocycles. The Balaban J connectivity index is 1.58. The van der Waals surface area contributed by atoms with Crippen molar-refractivity contribution < 1.29 is 14.3 Å². The number of benzene rings is 2. The Kier molecular flexibility index (Phi) is 5.52. The van der Waals surface area contributed by atoms with E-state index in [1.165, 1.54) is 12.4 Å². The van der Waals surface area contributed by atoms with Crippen molar-refractivity contribution >= 4 is 34.7 Å². The predicted octanol–water partition coefficient (Wildman–Crippen LogP) is 5.36. The Hall–Kier alpha value is -3.58. The Labute approximate surface area is 185 Å². The number of fused-ring (bicyclic) bond motifs is 1. The lowest BCUT2D eigenvalue weighted by atomic mass is 10.0. The van der Waals surface area contributed by atoms with E-state index in [-0.39, 0.29) is 5.91 Å². The fraction of sp³-hybridized carbons (Fsp3) is 0.174. The van der Waals surface area contributed by atoms with Crippen LogP contribution in [0.5, 0.6) is 17.4 Å². The second-order valence-electron chi connectivity index (χ2n) is 7.60. The summed E-state index contributed by atoms with van der Waals surface area (Å²) in [6, 6.07) is 14.2. The second-order valence-corrected chi connectivity index (χ2v) is 8.04. The van der Waals surface area contributed by atoms with Gasteiger partial charge in [-0.25, -0.2) is 9.97 Å². The smallest absolute Gasteiger partial charge is 0.250 e. The van der Waals surface area contributed by atoms with E-state index in [0.29, 0.717) is 40.5 Å². The lowest BCUT2D eigenvalue weighted by Gasteiger charge is -2.39. The predicted molar refractivity (Wildman–Crippen MR) is 121 cm³/mol. The monoisotopic (exact) mass is 436 g/mol. The summed E-state index contributed by atoms with van der Waals surface area (Å²) in [5.74, 6) is 1.92. The standard InChI is InChI=1S/C23H21ClN4O3/c1-4-22(29)28-13-23(2,3)31-19-9-8-16(11-18(19)28)27-20-12-21(26-14-25-20)30-17-7-5-6-15(24)10-17/h4-12,14H,1,13H2,2-3H3,(H,25,26,27). The molecule has 158 valence electrons. The van der Waals surface area contributed by atoms with Crippen LogP contribution in [0, 0.1) is 0 Å². The molecule has 0 bridgehead atoms. The van der Waals surface area contributed by atoms with Crippen LogP contribution in [0.1, 0.15) is 13.8 Å². The Bertz CT molecular complexity index is 1150. The van der Waals surface area contributed by atoms with E-state index < -0.39 is 5.60 Å². The van der Waals surface area contributed by atoms with E-state index in [1.807, 2.05) is 32.0 Å². The molecule has 31 heavy (non-hydrogen) atoms. The minimum absolute atomic E-state index is 0.186. The van der Waals surface area contributed by atoms with E-state index in [2.05, 4.69) is 21.9 Å². The third kappa shape index (κ3) is 4.78. The van der Waals surface area contributed by atoms with Gasteiger partial charge >= 0.3 is 0 Å². The average molecular weight is 437 g/mol. The van der Waals surface area contributed by atoms with Crippen molar-refractivity contribution in [1.82, 2.24) is 9.97 Å². The van der Waals surface area contributed by atoms with Gasteiger partial charge in [-0.15, -0.1) is 0 Å². The van der Waals surface area contributed by atoms with Crippen molar-refractivity contribution in [2.24, 2.45) is 0 Å². The fourth-order valence-corrected chi connectivity index (χ4v) is 3.44. The van der Waals surface area contributed by atoms with Crippen molar-refractivity contribution in [2.45, 2.75) is 19.4 Å². The summed E-state index contributed by atoms with van der Waals surface area (Å²) in [7, 11) is 0. The van der Waals surface area contributed by atoms with Crippen molar-refractivity contribution in [3.63, 3.8) is 0 Å². The molecule has 7 nitrogen and oxygen atoms in total. The summed E-state index contributed by atoms with van der Waals surface area (Å²) < 4.78 is 11.8. The number of hydrogen-bond donors (Lipinski definition) is 1. The van der Waals surface area contributed by atoms with Gasteiger partial charge in [0, 0.05) is 16.8 Å². The highest BCUT2D eigenvalue weighted by Crippen LogP contribution is 2.39. The van der Waals surface area contributed by atoms with E-state index in [9.17, 15) is 4.79 Å². The zero-order valence-corrected chi connectivity index (χ0v) is 17.9. The number of amides is 1. The largest absolute Gasteiger partial charge is 0.484 e. The minimum Gasteiger partial charge on any atom is -0.484 e. The highest BCUT2D eigenvalue weighted by atomic mass is 35.5. The number of rotatable bonds is 5. The maximum Gasteiger partial charge on any atom is 0.250 e. The number of halogens is 1. The first-order valence-corrected chi connectivity index (χ1v) is 10.0. The Morgan fingerprint density at radius 3 is 2.87 bits per heavy atom. The van der Waals surface area contributed by atoms with E-state index in [4.69, 9.17) is 21.1 Å². The van der Waals surface area contributed by atoms with Gasteiger partial charge in [0.1, 0.15) is 29.2 Å². The van der Waals surface area contributed by atoms with Crippen LogP contribution in [-0.4, -0.2) is 28.0 Å². The van der Waals surface area contributed by atoms with Gasteiger partial charge in [0.05, 0.1) is 12.2 Å². The molecule has 0 saturated carbocycles. The van der Waals surface area contributed by atoms with Crippen molar-refractivity contribution in [3.8, 4) is 17.4 Å². The topological polar surface area (TPSA) is 76.6 Å². The van der Waals surface area contributed by atoms with E-state index >= 15 is 0 Å². The van der Waals surface area contributed by atoms with Crippen molar-refractivity contribution in [1.29, 1.82) is 0 Å². The van der Waals surface area contributed by atoms with Gasteiger partial charge in [0.15, 0.2) is 0 Å². The first-order valence-electron chi connectivity index (χ1n) is 9.62. The number of ether oxygens (including phenoxy) is 2. The maximum atomic E-state index is 12.4. The van der Waals surface area contributed by atoms with Gasteiger partial charge in [-0.2, -0.15) is 0 Å². The van der Waals surface area contributed by atoms with Gasteiger partial charge < -0.3 is 19.7 Å². The summed E-state index contributed by atoms with van der Waals surface area (Å²) in [5.41, 5.74) is 0.898. The molecular formula is C23H21ClN4O3. The van der Waals surface area contributed by atoms with Crippen LogP contribution in [0.3, 0.4) is 0 Å². The molecular weight excluding hydrogens is 416 g/mol. The van der Waals surface area contributed by atoms with Gasteiger partial charge in [-0.05, 0) is 56.3 Å². The molecule has 1 N–H and O–H groups in total. The van der Waals surface area contributed by atoms with Crippen LogP contribution in [0.15, 0.2) is 67.5 Å². The van der Waals surface area contributed by atoms with E-state index in [0.717, 1.165) is 5.69 Å². The number of nitrogens with zero attached hydrogens (tertiary/aromatic N) is 3. The molecule has 1 amide bonds. The van der Waals surface area contributed by atoms with Crippen molar-refractivity contribution in [2.75, 3.05) is 16.8 Å². The number of aromatic nitrogens is 2. The third-order valence-electron chi connectivity index (χ3n) is 4.55. The Morgan fingerprint density at radius 2 is 2.10 bits per heavy atom.